The van der Waals surface area contributed by atoms with E-state index in [1.165, 1.54) is 36.9 Å². The van der Waals surface area contributed by atoms with Gasteiger partial charge in [0.2, 0.25) is 0 Å². The van der Waals surface area contributed by atoms with Crippen molar-refractivity contribution in [3.05, 3.63) is 29.3 Å². The minimum atomic E-state index is 0.494. The first-order valence-corrected chi connectivity index (χ1v) is 8.27. The molecule has 2 heteroatoms. The van der Waals surface area contributed by atoms with Crippen LogP contribution in [0.5, 0.6) is 5.75 Å². The molecule has 1 aromatic rings. The van der Waals surface area contributed by atoms with Gasteiger partial charge in [-0.15, -0.1) is 0 Å². The van der Waals surface area contributed by atoms with E-state index < -0.39 is 0 Å². The normalized spacial score (nSPS) is 26.3. The number of hydrogen-bond acceptors (Lipinski definition) is 2. The SMILES string of the molecule is CCC(NCC1CCCC1C)c1ccc2c(c1)CCO2. The Balaban J connectivity index is 1.64. The largest absolute Gasteiger partial charge is 0.493 e. The first-order chi connectivity index (χ1) is 9.78. The van der Waals surface area contributed by atoms with Gasteiger partial charge in [-0.2, -0.15) is 0 Å². The quantitative estimate of drug-likeness (QED) is 0.872. The lowest BCUT2D eigenvalue weighted by molar-refractivity contribution is 0.356. The van der Waals surface area contributed by atoms with Crippen molar-refractivity contribution in [1.82, 2.24) is 5.32 Å². The third-order valence-corrected chi connectivity index (χ3v) is 5.19. The number of benzene rings is 1. The monoisotopic (exact) mass is 273 g/mol. The van der Waals surface area contributed by atoms with Crippen molar-refractivity contribution in [3.63, 3.8) is 0 Å². The summed E-state index contributed by atoms with van der Waals surface area (Å²) >= 11 is 0. The van der Waals surface area contributed by atoms with Crippen LogP contribution in [-0.2, 0) is 6.42 Å². The molecule has 20 heavy (non-hydrogen) atoms. The molecule has 0 radical (unpaired) electrons. The number of rotatable bonds is 5. The van der Waals surface area contributed by atoms with Crippen molar-refractivity contribution >= 4 is 0 Å². The maximum absolute atomic E-state index is 5.60. The maximum atomic E-state index is 5.60. The van der Waals surface area contributed by atoms with Crippen molar-refractivity contribution in [1.29, 1.82) is 0 Å². The van der Waals surface area contributed by atoms with Gasteiger partial charge in [-0.1, -0.05) is 38.8 Å². The molecule has 1 aromatic carbocycles. The van der Waals surface area contributed by atoms with Gasteiger partial charge in [-0.3, -0.25) is 0 Å². The van der Waals surface area contributed by atoms with Crippen LogP contribution in [-0.4, -0.2) is 13.2 Å². The number of hydrogen-bond donors (Lipinski definition) is 1. The van der Waals surface area contributed by atoms with E-state index in [2.05, 4.69) is 37.4 Å². The number of fused-ring (bicyclic) bond motifs is 1. The van der Waals surface area contributed by atoms with E-state index >= 15 is 0 Å². The second kappa shape index (κ2) is 6.17. The third-order valence-electron chi connectivity index (χ3n) is 5.19. The van der Waals surface area contributed by atoms with Crippen LogP contribution in [0.1, 0.15) is 56.7 Å². The Morgan fingerprint density at radius 1 is 1.35 bits per heavy atom. The standard InChI is InChI=1S/C18H27NO/c1-3-17(19-12-16-6-4-5-13(16)2)14-7-8-18-15(11-14)9-10-20-18/h7-8,11,13,16-17,19H,3-6,9-10,12H2,1-2H3. The molecule has 0 amide bonds. The summed E-state index contributed by atoms with van der Waals surface area (Å²) in [5, 5.41) is 3.81. The molecule has 1 aliphatic carbocycles. The van der Waals surface area contributed by atoms with E-state index in [0.29, 0.717) is 6.04 Å². The summed E-state index contributed by atoms with van der Waals surface area (Å²) in [7, 11) is 0. The highest BCUT2D eigenvalue weighted by Gasteiger charge is 2.24. The van der Waals surface area contributed by atoms with E-state index in [9.17, 15) is 0 Å². The fraction of sp³-hybridized carbons (Fsp3) is 0.667. The van der Waals surface area contributed by atoms with Crippen molar-refractivity contribution < 1.29 is 4.74 Å². The summed E-state index contributed by atoms with van der Waals surface area (Å²) in [5.41, 5.74) is 2.82. The summed E-state index contributed by atoms with van der Waals surface area (Å²) in [5.74, 6) is 2.86. The Morgan fingerprint density at radius 2 is 2.25 bits per heavy atom. The van der Waals surface area contributed by atoms with Crippen LogP contribution in [0.25, 0.3) is 0 Å². The second-order valence-electron chi connectivity index (χ2n) is 6.50. The lowest BCUT2D eigenvalue weighted by Gasteiger charge is -2.22. The van der Waals surface area contributed by atoms with E-state index in [-0.39, 0.29) is 0 Å². The zero-order valence-corrected chi connectivity index (χ0v) is 12.8. The minimum Gasteiger partial charge on any atom is -0.493 e. The molecular formula is C18H27NO. The molecule has 1 N–H and O–H groups in total. The Hall–Kier alpha value is -1.02. The molecule has 2 nitrogen and oxygen atoms in total. The number of nitrogens with one attached hydrogen (secondary N) is 1. The molecule has 3 atom stereocenters. The van der Waals surface area contributed by atoms with Crippen LogP contribution in [0.15, 0.2) is 18.2 Å². The highest BCUT2D eigenvalue weighted by atomic mass is 16.5. The average Bonchev–Trinajstić information content (AvgIpc) is 3.08. The second-order valence-corrected chi connectivity index (χ2v) is 6.50. The smallest absolute Gasteiger partial charge is 0.122 e. The molecule has 3 rings (SSSR count). The predicted octanol–water partition coefficient (Wildman–Crippen LogP) is 4.10. The maximum Gasteiger partial charge on any atom is 0.122 e. The molecule has 2 aliphatic rings. The first-order valence-electron chi connectivity index (χ1n) is 8.27. The molecule has 110 valence electrons. The highest BCUT2D eigenvalue weighted by Crippen LogP contribution is 2.32. The summed E-state index contributed by atoms with van der Waals surface area (Å²) in [6.45, 7) is 6.71. The molecule has 1 aliphatic heterocycles. The lowest BCUT2D eigenvalue weighted by Crippen LogP contribution is -2.28. The summed E-state index contributed by atoms with van der Waals surface area (Å²) in [6.07, 6.45) is 6.46. The van der Waals surface area contributed by atoms with Crippen molar-refractivity contribution in [2.24, 2.45) is 11.8 Å². The molecule has 3 unspecified atom stereocenters. The van der Waals surface area contributed by atoms with Gasteiger partial charge in [0.25, 0.3) is 0 Å². The van der Waals surface area contributed by atoms with Crippen molar-refractivity contribution in [3.8, 4) is 5.75 Å². The van der Waals surface area contributed by atoms with Crippen LogP contribution in [0.2, 0.25) is 0 Å². The van der Waals surface area contributed by atoms with E-state index in [1.807, 2.05) is 0 Å². The van der Waals surface area contributed by atoms with E-state index in [1.54, 1.807) is 0 Å². The Labute approximate surface area is 122 Å². The van der Waals surface area contributed by atoms with Gasteiger partial charge in [0, 0.05) is 12.5 Å². The number of ether oxygens (including phenoxy) is 1. The lowest BCUT2D eigenvalue weighted by atomic mass is 9.96. The molecule has 1 heterocycles. The predicted molar refractivity (Wildman–Crippen MR) is 83.2 cm³/mol. The van der Waals surface area contributed by atoms with Gasteiger partial charge in [0.1, 0.15) is 5.75 Å². The molecule has 0 aromatic heterocycles. The van der Waals surface area contributed by atoms with Gasteiger partial charge >= 0.3 is 0 Å². The molecule has 0 saturated heterocycles. The fourth-order valence-electron chi connectivity index (χ4n) is 3.74. The first kappa shape index (κ1) is 13.9. The zero-order chi connectivity index (χ0) is 13.9. The fourth-order valence-corrected chi connectivity index (χ4v) is 3.74. The average molecular weight is 273 g/mol. The van der Waals surface area contributed by atoms with Gasteiger partial charge in [0.15, 0.2) is 0 Å². The Kier molecular flexibility index (Phi) is 4.30. The van der Waals surface area contributed by atoms with Gasteiger partial charge in [0.05, 0.1) is 6.61 Å². The molecular weight excluding hydrogens is 246 g/mol. The zero-order valence-electron chi connectivity index (χ0n) is 12.8. The highest BCUT2D eigenvalue weighted by molar-refractivity contribution is 5.40. The summed E-state index contributed by atoms with van der Waals surface area (Å²) < 4.78 is 5.60. The Bertz CT molecular complexity index is 457. The topological polar surface area (TPSA) is 21.3 Å². The van der Waals surface area contributed by atoms with E-state index in [4.69, 9.17) is 4.74 Å². The summed E-state index contributed by atoms with van der Waals surface area (Å²) in [6, 6.07) is 7.24. The summed E-state index contributed by atoms with van der Waals surface area (Å²) in [4.78, 5) is 0. The third kappa shape index (κ3) is 2.85. The van der Waals surface area contributed by atoms with Gasteiger partial charge in [-0.25, -0.2) is 0 Å². The van der Waals surface area contributed by atoms with Crippen molar-refractivity contribution in [2.75, 3.05) is 13.2 Å². The minimum absolute atomic E-state index is 0.494. The molecule has 0 bridgehead atoms. The van der Waals surface area contributed by atoms with Crippen molar-refractivity contribution in [2.45, 2.75) is 52.0 Å². The molecule has 1 saturated carbocycles. The van der Waals surface area contributed by atoms with Gasteiger partial charge < -0.3 is 10.1 Å². The van der Waals surface area contributed by atoms with Crippen LogP contribution in [0.3, 0.4) is 0 Å². The molecule has 1 fully saturated rings. The van der Waals surface area contributed by atoms with Crippen LogP contribution >= 0.6 is 0 Å². The Morgan fingerprint density at radius 3 is 3.00 bits per heavy atom. The van der Waals surface area contributed by atoms with E-state index in [0.717, 1.165) is 37.0 Å². The van der Waals surface area contributed by atoms with Crippen LogP contribution in [0.4, 0.5) is 0 Å². The van der Waals surface area contributed by atoms with Gasteiger partial charge in [-0.05, 0) is 48.4 Å². The van der Waals surface area contributed by atoms with Crippen LogP contribution in [0, 0.1) is 11.8 Å². The molecule has 0 spiro atoms. The van der Waals surface area contributed by atoms with Crippen LogP contribution < -0.4 is 10.1 Å².